The zero-order valence-corrected chi connectivity index (χ0v) is 16.1. The van der Waals surface area contributed by atoms with E-state index >= 15 is 0 Å². The number of carbonyl (C=O) groups excluding carboxylic acids is 1. The number of carbonyl (C=O) groups is 1. The Morgan fingerprint density at radius 3 is 2.82 bits per heavy atom. The second-order valence-corrected chi connectivity index (χ2v) is 8.19. The van der Waals surface area contributed by atoms with E-state index in [2.05, 4.69) is 9.71 Å². The molecule has 0 aliphatic carbocycles. The van der Waals surface area contributed by atoms with Crippen LogP contribution in [-0.4, -0.2) is 20.2 Å². The molecule has 8 heteroatoms. The number of rotatable bonds is 6. The Bertz CT molecular complexity index is 1070. The number of nitrogens with zero attached hydrogens (tertiary/aromatic N) is 2. The van der Waals surface area contributed by atoms with Crippen LogP contribution in [0.2, 0.25) is 0 Å². The van der Waals surface area contributed by atoms with Crippen LogP contribution in [0, 0.1) is 17.2 Å². The van der Waals surface area contributed by atoms with Crippen molar-refractivity contribution in [2.45, 2.75) is 31.3 Å². The number of amidine groups is 1. The van der Waals surface area contributed by atoms with Gasteiger partial charge in [0.2, 0.25) is 0 Å². The molecular weight excluding hydrogens is 378 g/mol. The second-order valence-electron chi connectivity index (χ2n) is 6.62. The van der Waals surface area contributed by atoms with Gasteiger partial charge in [0.15, 0.2) is 0 Å². The molecule has 1 aliphatic heterocycles. The highest BCUT2D eigenvalue weighted by atomic mass is 32.2. The number of hydrogen-bond donors (Lipinski definition) is 1. The summed E-state index contributed by atoms with van der Waals surface area (Å²) in [4.78, 5) is 12.2. The zero-order valence-electron chi connectivity index (χ0n) is 15.3. The number of para-hydroxylation sites is 1. The first kappa shape index (κ1) is 19.6. The molecule has 0 fully saturated rings. The second kappa shape index (κ2) is 8.23. The standard InChI is InChI=1S/C20H19N3O4S/c1-14(10-20(24)27-13-16-6-4-5-15(11-16)12-21)9-19-22-17-7-2-3-8-18(17)28(25,26)23-19/h2-8,11,14H,9-10,13H2,1H3,(H,22,23). The predicted molar refractivity (Wildman–Crippen MR) is 104 cm³/mol. The van der Waals surface area contributed by atoms with Gasteiger partial charge in [0.05, 0.1) is 17.3 Å². The summed E-state index contributed by atoms with van der Waals surface area (Å²) in [5.41, 5.74) is 1.73. The van der Waals surface area contributed by atoms with Crippen molar-refractivity contribution in [1.29, 1.82) is 5.26 Å². The van der Waals surface area contributed by atoms with Crippen molar-refractivity contribution < 1.29 is 17.9 Å². The fraction of sp³-hybridized carbons (Fsp3) is 0.250. The molecule has 0 aromatic heterocycles. The van der Waals surface area contributed by atoms with Crippen molar-refractivity contribution in [2.75, 3.05) is 5.32 Å². The van der Waals surface area contributed by atoms with Crippen LogP contribution < -0.4 is 5.32 Å². The molecule has 1 N–H and O–H groups in total. The van der Waals surface area contributed by atoms with Crippen LogP contribution in [0.4, 0.5) is 5.69 Å². The Balaban J connectivity index is 1.55. The van der Waals surface area contributed by atoms with Crippen molar-refractivity contribution in [3.8, 4) is 6.07 Å². The SMILES string of the molecule is CC(CC(=O)OCc1cccc(C#N)c1)CC1=NS(=O)(=O)c2ccccc2N1. The fourth-order valence-electron chi connectivity index (χ4n) is 2.90. The molecule has 0 radical (unpaired) electrons. The third-order valence-corrected chi connectivity index (χ3v) is 5.56. The van der Waals surface area contributed by atoms with Gasteiger partial charge in [0.25, 0.3) is 10.0 Å². The maximum atomic E-state index is 12.3. The van der Waals surface area contributed by atoms with Gasteiger partial charge in [-0.2, -0.15) is 13.7 Å². The summed E-state index contributed by atoms with van der Waals surface area (Å²) in [6.45, 7) is 1.91. The van der Waals surface area contributed by atoms with Gasteiger partial charge in [-0.3, -0.25) is 4.79 Å². The summed E-state index contributed by atoms with van der Waals surface area (Å²) in [6.07, 6.45) is 0.424. The molecule has 3 rings (SSSR count). The lowest BCUT2D eigenvalue weighted by Gasteiger charge is -2.20. The average molecular weight is 397 g/mol. The number of sulfonamides is 1. The smallest absolute Gasteiger partial charge is 0.306 e. The lowest BCUT2D eigenvalue weighted by Crippen LogP contribution is -2.24. The number of fused-ring (bicyclic) bond motifs is 1. The van der Waals surface area contributed by atoms with Gasteiger partial charge in [-0.25, -0.2) is 0 Å². The Morgan fingerprint density at radius 2 is 2.04 bits per heavy atom. The summed E-state index contributed by atoms with van der Waals surface area (Å²) >= 11 is 0. The Kier molecular flexibility index (Phi) is 5.76. The molecule has 0 amide bonds. The summed E-state index contributed by atoms with van der Waals surface area (Å²) in [6, 6.07) is 15.5. The minimum Gasteiger partial charge on any atom is -0.461 e. The molecule has 1 unspecified atom stereocenters. The van der Waals surface area contributed by atoms with E-state index in [0.717, 1.165) is 5.56 Å². The van der Waals surface area contributed by atoms with Crippen molar-refractivity contribution >= 4 is 27.5 Å². The molecule has 0 spiro atoms. The van der Waals surface area contributed by atoms with Crippen molar-refractivity contribution in [2.24, 2.45) is 10.3 Å². The van der Waals surface area contributed by atoms with Gasteiger partial charge in [0.1, 0.15) is 17.3 Å². The highest BCUT2D eigenvalue weighted by Crippen LogP contribution is 2.28. The largest absolute Gasteiger partial charge is 0.461 e. The van der Waals surface area contributed by atoms with Crippen LogP contribution in [0.5, 0.6) is 0 Å². The number of nitriles is 1. The van der Waals surface area contributed by atoms with E-state index in [0.29, 0.717) is 23.5 Å². The highest BCUT2D eigenvalue weighted by molar-refractivity contribution is 7.90. The molecule has 28 heavy (non-hydrogen) atoms. The molecule has 2 aromatic rings. The van der Waals surface area contributed by atoms with Crippen molar-refractivity contribution in [1.82, 2.24) is 0 Å². The van der Waals surface area contributed by atoms with Crippen molar-refractivity contribution in [3.63, 3.8) is 0 Å². The van der Waals surface area contributed by atoms with Crippen LogP contribution in [0.15, 0.2) is 57.8 Å². The van der Waals surface area contributed by atoms with Gasteiger partial charge < -0.3 is 10.1 Å². The molecule has 1 heterocycles. The maximum Gasteiger partial charge on any atom is 0.306 e. The molecular formula is C20H19N3O4S. The van der Waals surface area contributed by atoms with Crippen molar-refractivity contribution in [3.05, 3.63) is 59.7 Å². The van der Waals surface area contributed by atoms with Crippen LogP contribution in [0.25, 0.3) is 0 Å². The average Bonchev–Trinajstić information content (AvgIpc) is 2.66. The summed E-state index contributed by atoms with van der Waals surface area (Å²) in [5, 5.41) is 11.9. The van der Waals surface area contributed by atoms with E-state index in [1.807, 2.05) is 13.0 Å². The number of hydrogen-bond acceptors (Lipinski definition) is 6. The number of ether oxygens (including phenoxy) is 1. The van der Waals surface area contributed by atoms with E-state index in [-0.39, 0.29) is 23.8 Å². The first-order valence-corrected chi connectivity index (χ1v) is 10.2. The van der Waals surface area contributed by atoms with E-state index in [9.17, 15) is 13.2 Å². The molecule has 0 saturated heterocycles. The van der Waals surface area contributed by atoms with Gasteiger partial charge in [-0.15, -0.1) is 4.40 Å². The lowest BCUT2D eigenvalue weighted by atomic mass is 10.0. The third kappa shape index (κ3) is 4.75. The summed E-state index contributed by atoms with van der Waals surface area (Å²) in [7, 11) is -3.74. The van der Waals surface area contributed by atoms with E-state index in [4.69, 9.17) is 10.00 Å². The zero-order chi connectivity index (χ0) is 20.1. The normalized spacial score (nSPS) is 15.4. The number of esters is 1. The summed E-state index contributed by atoms with van der Waals surface area (Å²) < 4.78 is 33.6. The predicted octanol–water partition coefficient (Wildman–Crippen LogP) is 3.23. The monoisotopic (exact) mass is 397 g/mol. The lowest BCUT2D eigenvalue weighted by molar-refractivity contribution is -0.145. The first-order valence-electron chi connectivity index (χ1n) is 8.72. The van der Waals surface area contributed by atoms with Crippen LogP contribution in [0.3, 0.4) is 0 Å². The van der Waals surface area contributed by atoms with Gasteiger partial charge in [-0.05, 0) is 35.7 Å². The highest BCUT2D eigenvalue weighted by Gasteiger charge is 2.25. The Labute approximate surface area is 163 Å². The molecule has 7 nitrogen and oxygen atoms in total. The number of nitrogens with one attached hydrogen (secondary N) is 1. The van der Waals surface area contributed by atoms with Gasteiger partial charge >= 0.3 is 5.97 Å². The molecule has 1 aliphatic rings. The van der Waals surface area contributed by atoms with Crippen LogP contribution in [-0.2, 0) is 26.2 Å². The number of anilines is 1. The molecule has 1 atom stereocenters. The number of benzene rings is 2. The molecule has 0 saturated carbocycles. The Morgan fingerprint density at radius 1 is 1.25 bits per heavy atom. The molecule has 144 valence electrons. The Hall–Kier alpha value is -3.18. The fourth-order valence-corrected chi connectivity index (χ4v) is 4.05. The summed E-state index contributed by atoms with van der Waals surface area (Å²) in [5.74, 6) is -0.250. The minimum absolute atomic E-state index is 0.0853. The van der Waals surface area contributed by atoms with E-state index in [1.54, 1.807) is 42.5 Å². The van der Waals surface area contributed by atoms with Crippen LogP contribution >= 0.6 is 0 Å². The molecule has 0 bridgehead atoms. The molecule has 2 aromatic carbocycles. The van der Waals surface area contributed by atoms with E-state index in [1.165, 1.54) is 6.07 Å². The maximum absolute atomic E-state index is 12.3. The van der Waals surface area contributed by atoms with Crippen LogP contribution in [0.1, 0.15) is 30.9 Å². The third-order valence-electron chi connectivity index (χ3n) is 4.19. The minimum atomic E-state index is -3.74. The topological polar surface area (TPSA) is 109 Å². The van der Waals surface area contributed by atoms with E-state index < -0.39 is 16.0 Å². The first-order chi connectivity index (χ1) is 13.4. The quantitative estimate of drug-likeness (QED) is 0.750. The van der Waals surface area contributed by atoms with Gasteiger partial charge in [-0.1, -0.05) is 31.2 Å². The van der Waals surface area contributed by atoms with Gasteiger partial charge in [0, 0.05) is 12.8 Å².